The maximum absolute atomic E-state index is 12.4. The number of carbonyl (C=O) groups is 1. The minimum atomic E-state index is 0.0682. The monoisotopic (exact) mass is 311 g/mol. The normalized spacial score (nSPS) is 14.4. The van der Waals surface area contributed by atoms with E-state index in [2.05, 4.69) is 11.1 Å². The third kappa shape index (κ3) is 3.68. The first-order valence-corrected chi connectivity index (χ1v) is 7.90. The van der Waals surface area contributed by atoms with E-state index >= 15 is 0 Å². The molecule has 0 atom stereocenters. The van der Waals surface area contributed by atoms with Gasteiger partial charge in [-0.15, -0.1) is 0 Å². The van der Waals surface area contributed by atoms with Crippen LogP contribution in [0.1, 0.15) is 28.3 Å². The number of nitrogens with zero attached hydrogens (tertiary/aromatic N) is 2. The van der Waals surface area contributed by atoms with Crippen molar-refractivity contribution < 1.29 is 9.53 Å². The van der Waals surface area contributed by atoms with Crippen molar-refractivity contribution in [3.63, 3.8) is 0 Å². The van der Waals surface area contributed by atoms with Crippen LogP contribution in [0.4, 0.5) is 0 Å². The molecule has 1 aliphatic heterocycles. The Kier molecular flexibility index (Phi) is 4.88. The van der Waals surface area contributed by atoms with Crippen molar-refractivity contribution in [3.8, 4) is 5.75 Å². The second kappa shape index (κ2) is 7.24. The zero-order valence-electron chi connectivity index (χ0n) is 13.0. The molecule has 0 radical (unpaired) electrons. The number of likely N-dealkylation sites (tertiary alicyclic amines) is 1. The van der Waals surface area contributed by atoms with Gasteiger partial charge in [0, 0.05) is 37.0 Å². The molecule has 1 amide bonds. The summed E-state index contributed by atoms with van der Waals surface area (Å²) in [7, 11) is 0. The largest absolute Gasteiger partial charge is 0.494 e. The van der Waals surface area contributed by atoms with Crippen LogP contribution in [0, 0.1) is 0 Å². The second-order valence-electron chi connectivity index (χ2n) is 5.71. The predicted octanol–water partition coefficient (Wildman–Crippen LogP) is 2.05. The Morgan fingerprint density at radius 2 is 2.04 bits per heavy atom. The van der Waals surface area contributed by atoms with Crippen molar-refractivity contribution in [2.45, 2.75) is 12.3 Å². The topological polar surface area (TPSA) is 68.5 Å². The summed E-state index contributed by atoms with van der Waals surface area (Å²) in [6, 6.07) is 11.3. The lowest BCUT2D eigenvalue weighted by Gasteiger charge is -2.39. The molecule has 0 saturated carbocycles. The van der Waals surface area contributed by atoms with Gasteiger partial charge >= 0.3 is 0 Å². The first-order valence-electron chi connectivity index (χ1n) is 7.90. The van der Waals surface area contributed by atoms with E-state index in [-0.39, 0.29) is 5.91 Å². The number of hydrogen-bond acceptors (Lipinski definition) is 4. The van der Waals surface area contributed by atoms with Crippen LogP contribution in [0.15, 0.2) is 48.8 Å². The van der Waals surface area contributed by atoms with Crippen molar-refractivity contribution in [1.82, 2.24) is 9.88 Å². The van der Waals surface area contributed by atoms with E-state index in [1.54, 1.807) is 6.20 Å². The van der Waals surface area contributed by atoms with Crippen molar-refractivity contribution in [1.29, 1.82) is 0 Å². The molecule has 2 N–H and O–H groups in total. The maximum atomic E-state index is 12.4. The number of amides is 1. The van der Waals surface area contributed by atoms with Gasteiger partial charge in [0.15, 0.2) is 0 Å². The molecule has 1 fully saturated rings. The molecule has 3 rings (SSSR count). The molecule has 0 aliphatic carbocycles. The molecule has 5 nitrogen and oxygen atoms in total. The lowest BCUT2D eigenvalue weighted by atomic mass is 9.92. The molecule has 0 bridgehead atoms. The summed E-state index contributed by atoms with van der Waals surface area (Å²) in [5.74, 6) is 1.23. The minimum Gasteiger partial charge on any atom is -0.494 e. The molecule has 1 saturated heterocycles. The highest BCUT2D eigenvalue weighted by atomic mass is 16.5. The molecule has 1 aromatic heterocycles. The summed E-state index contributed by atoms with van der Waals surface area (Å²) in [5.41, 5.74) is 7.32. The number of hydrogen-bond donors (Lipinski definition) is 1. The van der Waals surface area contributed by atoms with Gasteiger partial charge in [-0.25, -0.2) is 0 Å². The van der Waals surface area contributed by atoms with Crippen molar-refractivity contribution in [3.05, 3.63) is 59.9 Å². The van der Waals surface area contributed by atoms with Crippen LogP contribution in [0.3, 0.4) is 0 Å². The molecule has 2 aromatic rings. The predicted molar refractivity (Wildman–Crippen MR) is 88.5 cm³/mol. The smallest absolute Gasteiger partial charge is 0.253 e. The van der Waals surface area contributed by atoms with Gasteiger partial charge in [0.1, 0.15) is 5.75 Å². The second-order valence-corrected chi connectivity index (χ2v) is 5.71. The van der Waals surface area contributed by atoms with Crippen LogP contribution in [0.5, 0.6) is 5.75 Å². The Bertz CT molecular complexity index is 637. The number of ether oxygens (including phenoxy) is 1. The number of aromatic nitrogens is 1. The van der Waals surface area contributed by atoms with Crippen LogP contribution in [-0.2, 0) is 0 Å². The van der Waals surface area contributed by atoms with Crippen LogP contribution in [-0.4, -0.2) is 42.0 Å². The highest BCUT2D eigenvalue weighted by Crippen LogP contribution is 2.28. The SMILES string of the molecule is NCCCOc1ccc(C(=O)N2CC(c3cccnc3)C2)cc1. The van der Waals surface area contributed by atoms with Crippen molar-refractivity contribution in [2.24, 2.45) is 5.73 Å². The van der Waals surface area contributed by atoms with Crippen LogP contribution in [0.2, 0.25) is 0 Å². The first kappa shape index (κ1) is 15.5. The van der Waals surface area contributed by atoms with E-state index in [0.717, 1.165) is 25.3 Å². The number of rotatable bonds is 6. The number of carbonyl (C=O) groups excluding carboxylic acids is 1. The summed E-state index contributed by atoms with van der Waals surface area (Å²) in [6.07, 6.45) is 4.46. The van der Waals surface area contributed by atoms with E-state index in [1.807, 2.05) is 41.4 Å². The molecular formula is C18H21N3O2. The molecule has 1 aliphatic rings. The molecule has 0 spiro atoms. The van der Waals surface area contributed by atoms with E-state index in [4.69, 9.17) is 10.5 Å². The Hall–Kier alpha value is -2.40. The lowest BCUT2D eigenvalue weighted by Crippen LogP contribution is -2.48. The average Bonchev–Trinajstić information content (AvgIpc) is 2.55. The van der Waals surface area contributed by atoms with Crippen molar-refractivity contribution >= 4 is 5.91 Å². The molecule has 2 heterocycles. The molecule has 120 valence electrons. The third-order valence-electron chi connectivity index (χ3n) is 4.04. The number of benzene rings is 1. The number of nitrogens with two attached hydrogens (primary N) is 1. The molecule has 23 heavy (non-hydrogen) atoms. The Labute approximate surface area is 136 Å². The fourth-order valence-electron chi connectivity index (χ4n) is 2.62. The minimum absolute atomic E-state index is 0.0682. The van der Waals surface area contributed by atoms with Gasteiger partial charge in [-0.3, -0.25) is 9.78 Å². The summed E-state index contributed by atoms with van der Waals surface area (Å²) in [5, 5.41) is 0. The Morgan fingerprint density at radius 3 is 2.70 bits per heavy atom. The lowest BCUT2D eigenvalue weighted by molar-refractivity contribution is 0.0602. The molecule has 1 aromatic carbocycles. The van der Waals surface area contributed by atoms with Gasteiger partial charge < -0.3 is 15.4 Å². The highest BCUT2D eigenvalue weighted by Gasteiger charge is 2.32. The zero-order valence-corrected chi connectivity index (χ0v) is 13.0. The fourth-order valence-corrected chi connectivity index (χ4v) is 2.62. The zero-order chi connectivity index (χ0) is 16.1. The summed E-state index contributed by atoms with van der Waals surface area (Å²) in [4.78, 5) is 18.4. The molecular weight excluding hydrogens is 290 g/mol. The van der Waals surface area contributed by atoms with E-state index in [0.29, 0.717) is 24.6 Å². The van der Waals surface area contributed by atoms with Crippen LogP contribution in [0.25, 0.3) is 0 Å². The summed E-state index contributed by atoms with van der Waals surface area (Å²) >= 11 is 0. The van der Waals surface area contributed by atoms with Crippen molar-refractivity contribution in [2.75, 3.05) is 26.2 Å². The standard InChI is InChI=1S/C18H21N3O2/c19-8-2-10-23-17-6-4-14(5-7-17)18(22)21-12-16(13-21)15-3-1-9-20-11-15/h1,3-7,9,11,16H,2,8,10,12-13,19H2. The summed E-state index contributed by atoms with van der Waals surface area (Å²) in [6.45, 7) is 2.71. The van der Waals surface area contributed by atoms with Crippen LogP contribution >= 0.6 is 0 Å². The highest BCUT2D eigenvalue weighted by molar-refractivity contribution is 5.95. The Morgan fingerprint density at radius 1 is 1.26 bits per heavy atom. The van der Waals surface area contributed by atoms with Gasteiger partial charge in [-0.05, 0) is 48.9 Å². The average molecular weight is 311 g/mol. The van der Waals surface area contributed by atoms with E-state index in [9.17, 15) is 4.79 Å². The maximum Gasteiger partial charge on any atom is 0.253 e. The van der Waals surface area contributed by atoms with Gasteiger partial charge in [0.25, 0.3) is 5.91 Å². The Balaban J connectivity index is 1.53. The third-order valence-corrected chi connectivity index (χ3v) is 4.04. The van der Waals surface area contributed by atoms with E-state index in [1.165, 1.54) is 5.56 Å². The van der Waals surface area contributed by atoms with Gasteiger partial charge in [0.2, 0.25) is 0 Å². The summed E-state index contributed by atoms with van der Waals surface area (Å²) < 4.78 is 5.54. The van der Waals surface area contributed by atoms with Gasteiger partial charge in [-0.1, -0.05) is 6.07 Å². The quantitative estimate of drug-likeness (QED) is 0.829. The van der Waals surface area contributed by atoms with E-state index < -0.39 is 0 Å². The fraction of sp³-hybridized carbons (Fsp3) is 0.333. The molecule has 0 unspecified atom stereocenters. The first-order chi connectivity index (χ1) is 11.3. The number of pyridine rings is 1. The molecule has 5 heteroatoms. The van der Waals surface area contributed by atoms with Gasteiger partial charge in [0.05, 0.1) is 6.61 Å². The van der Waals surface area contributed by atoms with Gasteiger partial charge in [-0.2, -0.15) is 0 Å². The van der Waals surface area contributed by atoms with Crippen LogP contribution < -0.4 is 10.5 Å².